The number of urea groups is 1. The van der Waals surface area contributed by atoms with Crippen molar-refractivity contribution in [3.63, 3.8) is 0 Å². The molecule has 0 spiro atoms. The summed E-state index contributed by atoms with van der Waals surface area (Å²) in [5, 5.41) is 11.8. The molecule has 2 amide bonds. The Kier molecular flexibility index (Phi) is 3.09. The first kappa shape index (κ1) is 12.0. The van der Waals surface area contributed by atoms with E-state index in [0.717, 1.165) is 18.4 Å². The highest BCUT2D eigenvalue weighted by atomic mass is 16.4. The number of aliphatic carboxylic acids is 1. The van der Waals surface area contributed by atoms with Crippen LogP contribution in [-0.2, 0) is 4.79 Å². The predicted octanol–water partition coefficient (Wildman–Crippen LogP) is 1.36. The molecule has 0 unspecified atom stereocenters. The summed E-state index contributed by atoms with van der Waals surface area (Å²) in [6.07, 6.45) is 4.90. The number of carboxylic acid groups (broad SMARTS) is 1. The van der Waals surface area contributed by atoms with Crippen molar-refractivity contribution >= 4 is 12.0 Å². The van der Waals surface area contributed by atoms with Crippen LogP contribution in [0.15, 0.2) is 11.6 Å². The number of hydrogen-bond donors (Lipinski definition) is 2. The molecule has 0 radical (unpaired) electrons. The second-order valence-corrected chi connectivity index (χ2v) is 4.93. The van der Waals surface area contributed by atoms with Gasteiger partial charge in [-0.25, -0.2) is 9.59 Å². The second kappa shape index (κ2) is 4.39. The van der Waals surface area contributed by atoms with Crippen molar-refractivity contribution in [1.82, 2.24) is 10.2 Å². The van der Waals surface area contributed by atoms with E-state index in [4.69, 9.17) is 5.11 Å². The fourth-order valence-electron chi connectivity index (χ4n) is 2.29. The lowest BCUT2D eigenvalue weighted by Crippen LogP contribution is -2.62. The molecule has 1 aliphatic carbocycles. The summed E-state index contributed by atoms with van der Waals surface area (Å²) in [6.45, 7) is 3.25. The summed E-state index contributed by atoms with van der Waals surface area (Å²) in [6, 6.07) is -0.250. The van der Waals surface area contributed by atoms with Crippen LogP contribution in [0.25, 0.3) is 0 Å². The Balaban J connectivity index is 1.97. The number of nitrogens with one attached hydrogen (secondary N) is 1. The number of nitrogens with zero attached hydrogens (tertiary/aromatic N) is 1. The summed E-state index contributed by atoms with van der Waals surface area (Å²) in [7, 11) is 0. The zero-order valence-electron chi connectivity index (χ0n) is 10.0. The number of carbonyl (C=O) groups is 2. The number of hydrogen-bond acceptors (Lipinski definition) is 2. The van der Waals surface area contributed by atoms with Gasteiger partial charge < -0.3 is 15.3 Å². The van der Waals surface area contributed by atoms with Crippen LogP contribution in [0, 0.1) is 0 Å². The lowest BCUT2D eigenvalue weighted by molar-refractivity contribution is -0.148. The van der Waals surface area contributed by atoms with Crippen LogP contribution in [0.5, 0.6) is 0 Å². The third-order valence-corrected chi connectivity index (χ3v) is 3.58. The van der Waals surface area contributed by atoms with Gasteiger partial charge in [-0.05, 0) is 32.6 Å². The lowest BCUT2D eigenvalue weighted by atomic mass is 9.77. The summed E-state index contributed by atoms with van der Waals surface area (Å²) >= 11 is 0. The van der Waals surface area contributed by atoms with Crippen molar-refractivity contribution in [2.75, 3.05) is 13.1 Å². The minimum absolute atomic E-state index is 0.250. The molecule has 2 rings (SSSR count). The molecule has 0 aromatic rings. The van der Waals surface area contributed by atoms with Gasteiger partial charge in [-0.3, -0.25) is 0 Å². The van der Waals surface area contributed by atoms with E-state index in [0.29, 0.717) is 25.9 Å². The molecule has 0 aromatic carbocycles. The molecule has 1 aliphatic heterocycles. The van der Waals surface area contributed by atoms with E-state index in [1.54, 1.807) is 4.90 Å². The Morgan fingerprint density at radius 3 is 2.65 bits per heavy atom. The maximum absolute atomic E-state index is 12.0. The number of carboxylic acids is 1. The molecular formula is C12H18N2O3. The predicted molar refractivity (Wildman–Crippen MR) is 62.7 cm³/mol. The van der Waals surface area contributed by atoms with E-state index in [2.05, 4.69) is 11.4 Å². The maximum atomic E-state index is 12.0. The SMILES string of the molecule is CC1=CCCN(C(=O)NC2(C(=O)O)CCC2)C1. The number of carbonyl (C=O) groups excluding carboxylic acids is 1. The third kappa shape index (κ3) is 2.28. The van der Waals surface area contributed by atoms with Gasteiger partial charge in [0.15, 0.2) is 0 Å². The van der Waals surface area contributed by atoms with Crippen molar-refractivity contribution in [3.05, 3.63) is 11.6 Å². The van der Waals surface area contributed by atoms with E-state index in [1.807, 2.05) is 6.92 Å². The Hall–Kier alpha value is -1.52. The van der Waals surface area contributed by atoms with Crippen LogP contribution in [0.4, 0.5) is 4.79 Å². The number of rotatable bonds is 2. The van der Waals surface area contributed by atoms with Crippen molar-refractivity contribution in [1.29, 1.82) is 0 Å². The molecule has 17 heavy (non-hydrogen) atoms. The van der Waals surface area contributed by atoms with Gasteiger partial charge in [0.2, 0.25) is 0 Å². The third-order valence-electron chi connectivity index (χ3n) is 3.58. The summed E-state index contributed by atoms with van der Waals surface area (Å²) in [4.78, 5) is 24.8. The highest BCUT2D eigenvalue weighted by molar-refractivity contribution is 5.87. The van der Waals surface area contributed by atoms with Gasteiger partial charge >= 0.3 is 12.0 Å². The summed E-state index contributed by atoms with van der Waals surface area (Å²) < 4.78 is 0. The minimum Gasteiger partial charge on any atom is -0.480 e. The van der Waals surface area contributed by atoms with Crippen molar-refractivity contribution in [3.8, 4) is 0 Å². The Bertz CT molecular complexity index is 372. The molecule has 1 saturated carbocycles. The van der Waals surface area contributed by atoms with Gasteiger partial charge in [0, 0.05) is 13.1 Å². The molecule has 0 atom stereocenters. The fourth-order valence-corrected chi connectivity index (χ4v) is 2.29. The van der Waals surface area contributed by atoms with Gasteiger partial charge in [0.1, 0.15) is 5.54 Å². The second-order valence-electron chi connectivity index (χ2n) is 4.93. The van der Waals surface area contributed by atoms with E-state index in [9.17, 15) is 9.59 Å². The normalized spacial score (nSPS) is 22.4. The Morgan fingerprint density at radius 1 is 1.47 bits per heavy atom. The molecule has 1 fully saturated rings. The standard InChI is InChI=1S/C12H18N2O3/c1-9-4-2-7-14(8-9)11(17)13-12(10(15)16)5-3-6-12/h4H,2-3,5-8H2,1H3,(H,13,17)(H,15,16). The number of amides is 2. The Morgan fingerprint density at radius 2 is 2.18 bits per heavy atom. The van der Waals surface area contributed by atoms with Crippen LogP contribution >= 0.6 is 0 Å². The molecular weight excluding hydrogens is 220 g/mol. The van der Waals surface area contributed by atoms with Gasteiger partial charge in [-0.15, -0.1) is 0 Å². The first-order valence-electron chi connectivity index (χ1n) is 6.00. The molecule has 0 bridgehead atoms. The van der Waals surface area contributed by atoms with Gasteiger partial charge in [-0.1, -0.05) is 11.6 Å². The van der Waals surface area contributed by atoms with Crippen LogP contribution in [0.1, 0.15) is 32.6 Å². The lowest BCUT2D eigenvalue weighted by Gasteiger charge is -2.40. The monoisotopic (exact) mass is 238 g/mol. The van der Waals surface area contributed by atoms with Gasteiger partial charge in [0.05, 0.1) is 0 Å². The van der Waals surface area contributed by atoms with Gasteiger partial charge in [-0.2, -0.15) is 0 Å². The van der Waals surface area contributed by atoms with Crippen LogP contribution in [0.2, 0.25) is 0 Å². The van der Waals surface area contributed by atoms with Gasteiger partial charge in [0.25, 0.3) is 0 Å². The van der Waals surface area contributed by atoms with Crippen molar-refractivity contribution in [2.24, 2.45) is 0 Å². The zero-order valence-corrected chi connectivity index (χ0v) is 10.0. The summed E-state index contributed by atoms with van der Waals surface area (Å²) in [5.74, 6) is -0.915. The minimum atomic E-state index is -1.01. The van der Waals surface area contributed by atoms with Crippen LogP contribution < -0.4 is 5.32 Å². The average Bonchev–Trinajstić information content (AvgIpc) is 2.22. The smallest absolute Gasteiger partial charge is 0.329 e. The molecule has 5 heteroatoms. The molecule has 5 nitrogen and oxygen atoms in total. The largest absolute Gasteiger partial charge is 0.480 e. The van der Waals surface area contributed by atoms with E-state index >= 15 is 0 Å². The Labute approximate surface area is 100 Å². The molecule has 1 heterocycles. The summed E-state index contributed by atoms with van der Waals surface area (Å²) in [5.41, 5.74) is 0.149. The molecule has 2 N–H and O–H groups in total. The van der Waals surface area contributed by atoms with Crippen LogP contribution in [0.3, 0.4) is 0 Å². The van der Waals surface area contributed by atoms with E-state index < -0.39 is 11.5 Å². The highest BCUT2D eigenvalue weighted by Gasteiger charge is 2.46. The fraction of sp³-hybridized carbons (Fsp3) is 0.667. The molecule has 0 saturated heterocycles. The first-order chi connectivity index (χ1) is 8.03. The highest BCUT2D eigenvalue weighted by Crippen LogP contribution is 2.32. The molecule has 94 valence electrons. The average molecular weight is 238 g/mol. The first-order valence-corrected chi connectivity index (χ1v) is 6.00. The van der Waals surface area contributed by atoms with E-state index in [1.165, 1.54) is 0 Å². The van der Waals surface area contributed by atoms with E-state index in [-0.39, 0.29) is 6.03 Å². The molecule has 0 aromatic heterocycles. The maximum Gasteiger partial charge on any atom is 0.329 e. The quantitative estimate of drug-likeness (QED) is 0.713. The topological polar surface area (TPSA) is 69.6 Å². The zero-order chi connectivity index (χ0) is 12.5. The van der Waals surface area contributed by atoms with Crippen LogP contribution in [-0.4, -0.2) is 40.6 Å². The molecule has 2 aliphatic rings. The van der Waals surface area contributed by atoms with Crippen molar-refractivity contribution in [2.45, 2.75) is 38.1 Å². The van der Waals surface area contributed by atoms with Crippen molar-refractivity contribution < 1.29 is 14.7 Å².